The Morgan fingerprint density at radius 3 is 2.37 bits per heavy atom. The topological polar surface area (TPSA) is 124 Å². The Labute approximate surface area is 172 Å². The largest absolute Gasteiger partial charge is 0.466 e. The number of hydrogen-bond donors (Lipinski definition) is 2. The molecule has 9 heteroatoms. The molecule has 1 aromatic carbocycles. The van der Waals surface area contributed by atoms with Crippen LogP contribution in [0.1, 0.15) is 40.5 Å². The molecule has 1 aromatic heterocycles. The minimum atomic E-state index is -0.618. The molecule has 2 aromatic rings. The van der Waals surface area contributed by atoms with Crippen molar-refractivity contribution < 1.29 is 19.1 Å². The van der Waals surface area contributed by atoms with Crippen LogP contribution in [0.25, 0.3) is 5.69 Å². The van der Waals surface area contributed by atoms with E-state index in [0.29, 0.717) is 12.3 Å². The molecule has 2 amide bonds. The molecule has 0 bridgehead atoms. The van der Waals surface area contributed by atoms with Crippen LogP contribution in [0, 0.1) is 5.92 Å². The molecule has 0 spiro atoms. The van der Waals surface area contributed by atoms with Crippen LogP contribution < -0.4 is 21.5 Å². The van der Waals surface area contributed by atoms with Gasteiger partial charge in [0, 0.05) is 24.8 Å². The Morgan fingerprint density at radius 1 is 1.10 bits per heavy atom. The van der Waals surface area contributed by atoms with Gasteiger partial charge in [-0.25, -0.2) is 0 Å². The third kappa shape index (κ3) is 3.32. The van der Waals surface area contributed by atoms with E-state index < -0.39 is 17.4 Å². The quantitative estimate of drug-likeness (QED) is 0.571. The Morgan fingerprint density at radius 2 is 1.73 bits per heavy atom. The summed E-state index contributed by atoms with van der Waals surface area (Å²) in [5.74, 6) is -1.50. The zero-order valence-electron chi connectivity index (χ0n) is 16.5. The molecule has 2 aliphatic rings. The Kier molecular flexibility index (Phi) is 5.03. The number of ether oxygens (including phenoxy) is 1. The molecule has 3 N–H and O–H groups in total. The minimum Gasteiger partial charge on any atom is -0.466 e. The number of piperidine rings is 1. The van der Waals surface area contributed by atoms with Gasteiger partial charge in [-0.2, -0.15) is 0 Å². The summed E-state index contributed by atoms with van der Waals surface area (Å²) in [7, 11) is 0. The van der Waals surface area contributed by atoms with Crippen molar-refractivity contribution in [3.63, 3.8) is 0 Å². The van der Waals surface area contributed by atoms with Crippen molar-refractivity contribution in [3.05, 3.63) is 51.8 Å². The van der Waals surface area contributed by atoms with Crippen molar-refractivity contribution in [1.29, 1.82) is 0 Å². The number of carbonyl (C=O) groups is 3. The van der Waals surface area contributed by atoms with Crippen LogP contribution in [-0.2, 0) is 9.53 Å². The molecule has 0 saturated carbocycles. The number of imide groups is 1. The van der Waals surface area contributed by atoms with E-state index in [0.717, 1.165) is 37.7 Å². The number of amides is 2. The van der Waals surface area contributed by atoms with Gasteiger partial charge in [-0.3, -0.25) is 29.1 Å². The van der Waals surface area contributed by atoms with Crippen molar-refractivity contribution in [1.82, 2.24) is 9.88 Å². The van der Waals surface area contributed by atoms with Gasteiger partial charge in [0.15, 0.2) is 0 Å². The average Bonchev–Trinajstić information content (AvgIpc) is 3.02. The molecule has 0 aliphatic carbocycles. The summed E-state index contributed by atoms with van der Waals surface area (Å²) in [5, 5.41) is 2.15. The highest BCUT2D eigenvalue weighted by Crippen LogP contribution is 2.27. The molecule has 4 rings (SSSR count). The average molecular weight is 410 g/mol. The number of benzene rings is 1. The van der Waals surface area contributed by atoms with Gasteiger partial charge >= 0.3 is 5.97 Å². The van der Waals surface area contributed by atoms with Crippen molar-refractivity contribution >= 4 is 29.3 Å². The molecule has 30 heavy (non-hydrogen) atoms. The fourth-order valence-corrected chi connectivity index (χ4v) is 3.99. The molecule has 3 heterocycles. The van der Waals surface area contributed by atoms with Crippen molar-refractivity contribution in [2.75, 3.05) is 30.3 Å². The van der Waals surface area contributed by atoms with E-state index in [4.69, 9.17) is 10.5 Å². The highest BCUT2D eigenvalue weighted by atomic mass is 16.5. The maximum Gasteiger partial charge on any atom is 0.309 e. The summed E-state index contributed by atoms with van der Waals surface area (Å²) < 4.78 is 6.32. The lowest BCUT2D eigenvalue weighted by Crippen LogP contribution is -2.37. The summed E-state index contributed by atoms with van der Waals surface area (Å²) in [5.41, 5.74) is 7.05. The number of pyridine rings is 1. The molecule has 0 radical (unpaired) electrons. The maximum atomic E-state index is 12.5. The Bertz CT molecular complexity index is 1080. The molecule has 0 unspecified atom stereocenters. The highest BCUT2D eigenvalue weighted by Gasteiger charge is 2.32. The van der Waals surface area contributed by atoms with Crippen molar-refractivity contribution in [2.24, 2.45) is 5.92 Å². The molecule has 2 aliphatic heterocycles. The number of hydrogen-bond acceptors (Lipinski definition) is 7. The van der Waals surface area contributed by atoms with Crippen molar-refractivity contribution in [2.45, 2.75) is 19.8 Å². The molecular formula is C21H22N4O5. The number of carbonyl (C=O) groups excluding carboxylic acids is 3. The van der Waals surface area contributed by atoms with Crippen LogP contribution in [0.5, 0.6) is 0 Å². The third-order valence-electron chi connectivity index (χ3n) is 5.54. The van der Waals surface area contributed by atoms with Crippen LogP contribution in [0.3, 0.4) is 0 Å². The minimum absolute atomic E-state index is 0.000147. The maximum absolute atomic E-state index is 12.5. The number of nitrogens with two attached hydrogens (primary N) is 1. The fourth-order valence-electron chi connectivity index (χ4n) is 3.99. The number of anilines is 2. The lowest BCUT2D eigenvalue weighted by Gasteiger charge is -2.32. The molecule has 1 fully saturated rings. The van der Waals surface area contributed by atoms with Gasteiger partial charge in [0.05, 0.1) is 29.3 Å². The summed E-state index contributed by atoms with van der Waals surface area (Å²) >= 11 is 0. The van der Waals surface area contributed by atoms with Crippen molar-refractivity contribution in [3.8, 4) is 5.69 Å². The van der Waals surface area contributed by atoms with Crippen LogP contribution in [-0.4, -0.2) is 42.0 Å². The van der Waals surface area contributed by atoms with E-state index in [1.54, 1.807) is 19.1 Å². The van der Waals surface area contributed by atoms with Gasteiger partial charge in [0.25, 0.3) is 17.4 Å². The van der Waals surface area contributed by atoms with Gasteiger partial charge in [-0.05, 0) is 44.0 Å². The summed E-state index contributed by atoms with van der Waals surface area (Å²) in [6.07, 6.45) is 1.45. The van der Waals surface area contributed by atoms with Crippen LogP contribution >= 0.6 is 0 Å². The first-order chi connectivity index (χ1) is 14.4. The van der Waals surface area contributed by atoms with E-state index >= 15 is 0 Å². The second kappa shape index (κ2) is 7.66. The lowest BCUT2D eigenvalue weighted by atomic mass is 9.96. The van der Waals surface area contributed by atoms with Crippen LogP contribution in [0.15, 0.2) is 35.1 Å². The Balaban J connectivity index is 1.55. The SMILES string of the molecule is CCOC(=O)C1CCN(c2ccc(-n3c(N)c4c(cc3=O)C(=O)NC4=O)cc2)CC1. The number of nitrogens with zero attached hydrogens (tertiary/aromatic N) is 2. The van der Waals surface area contributed by atoms with Gasteiger partial charge in [0.1, 0.15) is 5.82 Å². The second-order valence-corrected chi connectivity index (χ2v) is 7.30. The number of nitrogens with one attached hydrogen (secondary N) is 1. The van der Waals surface area contributed by atoms with E-state index in [2.05, 4.69) is 10.2 Å². The number of fused-ring (bicyclic) bond motifs is 1. The van der Waals surface area contributed by atoms with Gasteiger partial charge in [-0.1, -0.05) is 0 Å². The zero-order valence-corrected chi connectivity index (χ0v) is 16.5. The molecule has 1 saturated heterocycles. The monoisotopic (exact) mass is 410 g/mol. The van der Waals surface area contributed by atoms with Gasteiger partial charge in [-0.15, -0.1) is 0 Å². The van der Waals surface area contributed by atoms with E-state index in [9.17, 15) is 19.2 Å². The van der Waals surface area contributed by atoms with Gasteiger partial charge < -0.3 is 15.4 Å². The van der Waals surface area contributed by atoms with Crippen LogP contribution in [0.2, 0.25) is 0 Å². The number of aromatic nitrogens is 1. The van der Waals surface area contributed by atoms with Gasteiger partial charge in [0.2, 0.25) is 0 Å². The third-order valence-corrected chi connectivity index (χ3v) is 5.54. The number of esters is 1. The highest BCUT2D eigenvalue weighted by molar-refractivity contribution is 6.23. The smallest absolute Gasteiger partial charge is 0.309 e. The predicted octanol–water partition coefficient (Wildman–Crippen LogP) is 1.08. The number of rotatable bonds is 4. The fraction of sp³-hybridized carbons (Fsp3) is 0.333. The summed E-state index contributed by atoms with van der Waals surface area (Å²) in [6, 6.07) is 8.34. The van der Waals surface area contributed by atoms with E-state index in [1.807, 2.05) is 12.1 Å². The molecular weight excluding hydrogens is 388 g/mol. The first-order valence-electron chi connectivity index (χ1n) is 9.84. The first-order valence-corrected chi connectivity index (χ1v) is 9.84. The standard InChI is InChI=1S/C21H22N4O5/c1-2-30-21(29)12-7-9-24(10-8-12)13-3-5-14(6-4-13)25-16(26)11-15-17(18(25)22)20(28)23-19(15)27/h3-6,11-12H,2,7-10,22H2,1H3,(H,23,27,28). The Hall–Kier alpha value is -3.62. The van der Waals surface area contributed by atoms with E-state index in [-0.39, 0.29) is 28.8 Å². The molecule has 9 nitrogen and oxygen atoms in total. The lowest BCUT2D eigenvalue weighted by molar-refractivity contribution is -0.148. The molecule has 156 valence electrons. The molecule has 0 atom stereocenters. The summed E-state index contributed by atoms with van der Waals surface area (Å²) in [6.45, 7) is 3.65. The second-order valence-electron chi connectivity index (χ2n) is 7.30. The predicted molar refractivity (Wildman–Crippen MR) is 110 cm³/mol. The van der Waals surface area contributed by atoms with Crippen LogP contribution in [0.4, 0.5) is 11.5 Å². The van der Waals surface area contributed by atoms with E-state index in [1.165, 1.54) is 4.57 Å². The normalized spacial score (nSPS) is 16.4. The zero-order chi connectivity index (χ0) is 21.4. The number of nitrogen functional groups attached to an aromatic ring is 1. The summed E-state index contributed by atoms with van der Waals surface area (Å²) in [4.78, 5) is 50.4. The first kappa shape index (κ1) is 19.7.